The van der Waals surface area contributed by atoms with Crippen LogP contribution < -0.4 is 0 Å². The Morgan fingerprint density at radius 3 is 2.21 bits per heavy atom. The number of rotatable bonds is 7. The highest BCUT2D eigenvalue weighted by atomic mass is 35.5. The van der Waals surface area contributed by atoms with Crippen molar-refractivity contribution < 1.29 is 4.43 Å². The van der Waals surface area contributed by atoms with Crippen molar-refractivity contribution in [3.05, 3.63) is 75.8 Å². The highest BCUT2D eigenvalue weighted by molar-refractivity contribution is 7.58. The monoisotopic (exact) mass is 430 g/mol. The molecule has 28 heavy (non-hydrogen) atoms. The summed E-state index contributed by atoms with van der Waals surface area (Å²) < 4.78 is 6.78. The van der Waals surface area contributed by atoms with Crippen molar-refractivity contribution in [1.29, 1.82) is 0 Å². The van der Waals surface area contributed by atoms with Crippen LogP contribution in [0.5, 0.6) is 0 Å². The van der Waals surface area contributed by atoms with Gasteiger partial charge in [-0.25, -0.2) is 0 Å². The number of allylic oxidation sites excluding steroid dienone is 1. The summed E-state index contributed by atoms with van der Waals surface area (Å²) in [6.45, 7) is 13.8. The molecular weight excluding hydrogens is 399 g/mol. The summed E-state index contributed by atoms with van der Waals surface area (Å²) >= 11 is 6.75. The second-order valence-electron chi connectivity index (χ2n) is 8.45. The lowest BCUT2D eigenvalue weighted by Gasteiger charge is -2.33. The number of benzene rings is 2. The Hall–Kier alpha value is -1.08. The van der Waals surface area contributed by atoms with E-state index in [0.29, 0.717) is 11.6 Å². The zero-order chi connectivity index (χ0) is 20.5. The van der Waals surface area contributed by atoms with Crippen molar-refractivity contribution in [3.8, 4) is 0 Å². The first kappa shape index (κ1) is 21.6. The number of hydrogen-bond acceptors (Lipinski definition) is 1. The predicted molar refractivity (Wildman–Crippen MR) is 128 cm³/mol. The molecule has 0 heterocycles. The Morgan fingerprint density at radius 1 is 1.00 bits per heavy atom. The molecule has 0 radical (unpaired) electrons. The lowest BCUT2D eigenvalue weighted by molar-refractivity contribution is 0.509. The van der Waals surface area contributed by atoms with E-state index in [2.05, 4.69) is 76.8 Å². The average Bonchev–Trinajstić information content (AvgIpc) is 2.91. The molecule has 1 nitrogen and oxygen atoms in total. The Labute approximate surface area is 178 Å². The summed E-state index contributed by atoms with van der Waals surface area (Å²) in [6.07, 6.45) is 2.38. The molecule has 1 aliphatic carbocycles. The van der Waals surface area contributed by atoms with Crippen LogP contribution in [0.2, 0.25) is 24.7 Å². The second kappa shape index (κ2) is 8.74. The van der Waals surface area contributed by atoms with E-state index in [9.17, 15) is 0 Å². The fourth-order valence-corrected chi connectivity index (χ4v) is 7.92. The Bertz CT molecular complexity index is 867. The van der Waals surface area contributed by atoms with Crippen LogP contribution in [0, 0.1) is 0 Å². The molecule has 0 fully saturated rings. The van der Waals surface area contributed by atoms with Gasteiger partial charge in [0, 0.05) is 22.2 Å². The molecule has 1 aliphatic rings. The van der Waals surface area contributed by atoms with Crippen molar-refractivity contribution in [2.75, 3.05) is 12.3 Å². The summed E-state index contributed by atoms with van der Waals surface area (Å²) in [5.41, 5.74) is 5.74. The highest BCUT2D eigenvalue weighted by Gasteiger charge is 2.39. The normalized spacial score (nSPS) is 17.8. The summed E-state index contributed by atoms with van der Waals surface area (Å²) in [5, 5.41) is 0.880. The van der Waals surface area contributed by atoms with Crippen LogP contribution in [-0.4, -0.2) is 20.6 Å². The van der Waals surface area contributed by atoms with Crippen LogP contribution in [0.15, 0.2) is 54.1 Å². The molecule has 3 rings (SSSR count). The van der Waals surface area contributed by atoms with Crippen molar-refractivity contribution in [2.24, 2.45) is 0 Å². The van der Waals surface area contributed by atoms with Crippen LogP contribution in [0.1, 0.15) is 49.0 Å². The molecule has 0 saturated carbocycles. The van der Waals surface area contributed by atoms with Crippen LogP contribution in [0.3, 0.4) is 0 Å². The van der Waals surface area contributed by atoms with Gasteiger partial charge in [0.25, 0.3) is 0 Å². The zero-order valence-electron chi connectivity index (χ0n) is 17.9. The van der Waals surface area contributed by atoms with Crippen LogP contribution in [-0.2, 0) is 4.43 Å². The molecule has 0 aromatic heterocycles. The number of halogens is 1. The van der Waals surface area contributed by atoms with Crippen LogP contribution in [0.25, 0.3) is 5.76 Å². The standard InChI is InChI=1S/C24H32ClOPSi/c1-7-27(8-2)24(20-15-11-12-16-21(20)25)22-17(3)18-13-9-10-14-19(18)23(22)26-28(4,5)6/h9-17,24H,7-8H2,1-6H3. The van der Waals surface area contributed by atoms with Gasteiger partial charge < -0.3 is 4.43 Å². The summed E-state index contributed by atoms with van der Waals surface area (Å²) in [4.78, 5) is 0. The molecule has 0 N–H and O–H groups in total. The third kappa shape index (κ3) is 4.25. The van der Waals surface area contributed by atoms with Crippen molar-refractivity contribution in [3.63, 3.8) is 0 Å². The average molecular weight is 431 g/mol. The van der Waals surface area contributed by atoms with E-state index in [1.807, 2.05) is 12.1 Å². The van der Waals surface area contributed by atoms with Gasteiger partial charge in [-0.15, -0.1) is 0 Å². The molecule has 0 saturated heterocycles. The van der Waals surface area contributed by atoms with Crippen LogP contribution >= 0.6 is 19.5 Å². The Balaban J connectivity index is 2.26. The minimum absolute atomic E-state index is 0.227. The fraction of sp³-hybridized carbons (Fsp3) is 0.417. The molecule has 2 atom stereocenters. The third-order valence-corrected chi connectivity index (χ3v) is 9.55. The van der Waals surface area contributed by atoms with Gasteiger partial charge in [-0.1, -0.05) is 82.8 Å². The fourth-order valence-electron chi connectivity index (χ4n) is 4.23. The van der Waals surface area contributed by atoms with E-state index in [1.54, 1.807) is 0 Å². The quantitative estimate of drug-likeness (QED) is 0.317. The minimum atomic E-state index is -1.76. The van der Waals surface area contributed by atoms with E-state index < -0.39 is 8.32 Å². The first-order chi connectivity index (χ1) is 13.3. The molecule has 0 amide bonds. The Kier molecular flexibility index (Phi) is 6.75. The van der Waals surface area contributed by atoms with Gasteiger partial charge in [0.2, 0.25) is 8.32 Å². The number of fused-ring (bicyclic) bond motifs is 1. The highest BCUT2D eigenvalue weighted by Crippen LogP contribution is 2.62. The maximum absolute atomic E-state index is 6.78. The number of hydrogen-bond donors (Lipinski definition) is 0. The lowest BCUT2D eigenvalue weighted by atomic mass is 9.93. The zero-order valence-corrected chi connectivity index (χ0v) is 20.6. The maximum Gasteiger partial charge on any atom is 0.242 e. The molecular formula is C24H32ClOPSi. The molecule has 0 spiro atoms. The third-order valence-electron chi connectivity index (χ3n) is 5.48. The van der Waals surface area contributed by atoms with E-state index in [-0.39, 0.29) is 7.92 Å². The van der Waals surface area contributed by atoms with Gasteiger partial charge >= 0.3 is 0 Å². The molecule has 4 heteroatoms. The second-order valence-corrected chi connectivity index (χ2v) is 16.2. The van der Waals surface area contributed by atoms with Crippen molar-refractivity contribution in [1.82, 2.24) is 0 Å². The van der Waals surface area contributed by atoms with Gasteiger partial charge in [-0.3, -0.25) is 0 Å². The van der Waals surface area contributed by atoms with Gasteiger partial charge in [0.05, 0.1) is 0 Å². The molecule has 0 bridgehead atoms. The largest absolute Gasteiger partial charge is 0.544 e. The Morgan fingerprint density at radius 2 is 1.61 bits per heavy atom. The van der Waals surface area contributed by atoms with Gasteiger partial charge in [-0.05, 0) is 54.7 Å². The maximum atomic E-state index is 6.78. The molecule has 0 aliphatic heterocycles. The molecule has 2 aromatic rings. The van der Waals surface area contributed by atoms with Crippen molar-refractivity contribution >= 4 is 33.6 Å². The SMILES string of the molecule is CCP(CC)C(C1=C(O[Si](C)(C)C)c2ccccc2C1C)c1ccccc1Cl. The minimum Gasteiger partial charge on any atom is -0.544 e. The van der Waals surface area contributed by atoms with E-state index >= 15 is 0 Å². The molecule has 2 aromatic carbocycles. The summed E-state index contributed by atoms with van der Waals surface area (Å²) in [5.74, 6) is 1.49. The molecule has 150 valence electrons. The summed E-state index contributed by atoms with van der Waals surface area (Å²) in [6, 6.07) is 17.2. The topological polar surface area (TPSA) is 9.23 Å². The predicted octanol–water partition coefficient (Wildman–Crippen LogP) is 8.28. The first-order valence-electron chi connectivity index (χ1n) is 10.3. The van der Waals surface area contributed by atoms with E-state index in [1.165, 1.54) is 34.6 Å². The van der Waals surface area contributed by atoms with Crippen LogP contribution in [0.4, 0.5) is 0 Å². The molecule has 2 unspecified atom stereocenters. The first-order valence-corrected chi connectivity index (χ1v) is 15.9. The van der Waals surface area contributed by atoms with Crippen molar-refractivity contribution in [2.45, 2.75) is 52.0 Å². The smallest absolute Gasteiger partial charge is 0.242 e. The van der Waals surface area contributed by atoms with Gasteiger partial charge in [0.15, 0.2) is 0 Å². The van der Waals surface area contributed by atoms with E-state index in [4.69, 9.17) is 16.0 Å². The van der Waals surface area contributed by atoms with E-state index in [0.717, 1.165) is 10.8 Å². The summed E-state index contributed by atoms with van der Waals surface area (Å²) in [7, 11) is -1.99. The lowest BCUT2D eigenvalue weighted by Crippen LogP contribution is -2.25. The van der Waals surface area contributed by atoms with Gasteiger partial charge in [0.1, 0.15) is 5.76 Å². The van der Waals surface area contributed by atoms with Gasteiger partial charge in [-0.2, -0.15) is 0 Å².